The van der Waals surface area contributed by atoms with Gasteiger partial charge in [-0.2, -0.15) is 0 Å². The lowest BCUT2D eigenvalue weighted by Crippen LogP contribution is -2.51. The molecule has 1 fully saturated rings. The molecule has 0 atom stereocenters. The topological polar surface area (TPSA) is 58.2 Å². The molecule has 4 nitrogen and oxygen atoms in total. The number of amides is 2. The average Bonchev–Trinajstić information content (AvgIpc) is 2.38. The summed E-state index contributed by atoms with van der Waals surface area (Å²) in [5, 5.41) is 5.63. The summed E-state index contributed by atoms with van der Waals surface area (Å²) in [6, 6.07) is 6.85. The fourth-order valence-electron chi connectivity index (χ4n) is 1.49. The predicted molar refractivity (Wildman–Crippen MR) is 82.2 cm³/mol. The van der Waals surface area contributed by atoms with Crippen LogP contribution in [0.5, 0.6) is 0 Å². The van der Waals surface area contributed by atoms with Crippen molar-refractivity contribution >= 4 is 57.4 Å². The third-order valence-electron chi connectivity index (χ3n) is 2.46. The second-order valence-electron chi connectivity index (χ2n) is 3.84. The number of rotatable bonds is 2. The highest BCUT2D eigenvalue weighted by Gasteiger charge is 2.24. The normalized spacial score (nSPS) is 15.8. The van der Waals surface area contributed by atoms with E-state index in [1.165, 1.54) is 12.2 Å². The van der Waals surface area contributed by atoms with Gasteiger partial charge in [-0.05, 0) is 42.1 Å². The summed E-state index contributed by atoms with van der Waals surface area (Å²) in [7, 11) is 0. The van der Waals surface area contributed by atoms with Crippen LogP contribution in [0.3, 0.4) is 0 Å². The van der Waals surface area contributed by atoms with Crippen molar-refractivity contribution < 1.29 is 9.59 Å². The molecule has 0 aliphatic carbocycles. The SMILES string of the molecule is O=C1NC(=S)NC(=O)C1=C/C=C(/Cl)c1ccc(Cl)cc1. The zero-order chi connectivity index (χ0) is 14.7. The first kappa shape index (κ1) is 14.7. The van der Waals surface area contributed by atoms with Crippen LogP contribution in [0.4, 0.5) is 0 Å². The summed E-state index contributed by atoms with van der Waals surface area (Å²) in [6.45, 7) is 0. The molecule has 2 N–H and O–H groups in total. The third-order valence-corrected chi connectivity index (χ3v) is 3.26. The van der Waals surface area contributed by atoms with Crippen molar-refractivity contribution in [2.45, 2.75) is 0 Å². The molecule has 1 aromatic carbocycles. The number of benzene rings is 1. The van der Waals surface area contributed by atoms with Gasteiger partial charge in [0.05, 0.1) is 0 Å². The molecular formula is C13H8Cl2N2O2S. The fourth-order valence-corrected chi connectivity index (χ4v) is 1.99. The fraction of sp³-hybridized carbons (Fsp3) is 0. The predicted octanol–water partition coefficient (Wildman–Crippen LogP) is 2.38. The molecule has 1 aromatic rings. The zero-order valence-electron chi connectivity index (χ0n) is 9.94. The van der Waals surface area contributed by atoms with E-state index >= 15 is 0 Å². The first-order valence-corrected chi connectivity index (χ1v) is 6.64. The number of nitrogens with one attached hydrogen (secondary N) is 2. The molecule has 20 heavy (non-hydrogen) atoms. The quantitative estimate of drug-likeness (QED) is 0.498. The van der Waals surface area contributed by atoms with E-state index in [0.717, 1.165) is 5.56 Å². The van der Waals surface area contributed by atoms with E-state index in [1.807, 2.05) is 0 Å². The van der Waals surface area contributed by atoms with Crippen LogP contribution in [0.15, 0.2) is 42.0 Å². The highest BCUT2D eigenvalue weighted by Crippen LogP contribution is 2.21. The van der Waals surface area contributed by atoms with Gasteiger partial charge in [-0.1, -0.05) is 35.3 Å². The average molecular weight is 327 g/mol. The molecule has 2 amide bonds. The van der Waals surface area contributed by atoms with Crippen molar-refractivity contribution in [1.29, 1.82) is 0 Å². The Kier molecular flexibility index (Phi) is 4.54. The van der Waals surface area contributed by atoms with E-state index in [2.05, 4.69) is 10.6 Å². The minimum absolute atomic E-state index is 0.00933. The molecule has 2 rings (SSSR count). The Labute approximate surface area is 130 Å². The van der Waals surface area contributed by atoms with E-state index in [-0.39, 0.29) is 10.7 Å². The van der Waals surface area contributed by atoms with Crippen LogP contribution in [0.2, 0.25) is 5.02 Å². The van der Waals surface area contributed by atoms with Crippen molar-refractivity contribution in [3.63, 3.8) is 0 Å². The Morgan fingerprint density at radius 3 is 2.20 bits per heavy atom. The monoisotopic (exact) mass is 326 g/mol. The summed E-state index contributed by atoms with van der Waals surface area (Å²) in [5.41, 5.74) is 0.658. The molecule has 1 aliphatic heterocycles. The maximum atomic E-state index is 11.6. The van der Waals surface area contributed by atoms with Crippen LogP contribution in [0.25, 0.3) is 5.03 Å². The lowest BCUT2D eigenvalue weighted by molar-refractivity contribution is -0.123. The Morgan fingerprint density at radius 2 is 1.65 bits per heavy atom. The molecule has 0 radical (unpaired) electrons. The van der Waals surface area contributed by atoms with Crippen molar-refractivity contribution in [3.8, 4) is 0 Å². The van der Waals surface area contributed by atoms with Gasteiger partial charge >= 0.3 is 0 Å². The van der Waals surface area contributed by atoms with Gasteiger partial charge < -0.3 is 0 Å². The van der Waals surface area contributed by atoms with Crippen LogP contribution in [-0.4, -0.2) is 16.9 Å². The second kappa shape index (κ2) is 6.17. The molecular weight excluding hydrogens is 319 g/mol. The summed E-state index contributed by atoms with van der Waals surface area (Å²) in [4.78, 5) is 23.2. The number of thiocarbonyl (C=S) groups is 1. The lowest BCUT2D eigenvalue weighted by Gasteiger charge is -2.15. The highest BCUT2D eigenvalue weighted by molar-refractivity contribution is 7.80. The van der Waals surface area contributed by atoms with Crippen LogP contribution < -0.4 is 10.6 Å². The van der Waals surface area contributed by atoms with Gasteiger partial charge in [-0.15, -0.1) is 0 Å². The number of allylic oxidation sites excluding steroid dienone is 2. The molecule has 0 unspecified atom stereocenters. The Hall–Kier alpha value is -1.69. The van der Waals surface area contributed by atoms with E-state index in [4.69, 9.17) is 35.4 Å². The van der Waals surface area contributed by atoms with Gasteiger partial charge in [0.1, 0.15) is 5.57 Å². The maximum Gasteiger partial charge on any atom is 0.263 e. The molecule has 7 heteroatoms. The van der Waals surface area contributed by atoms with E-state index in [9.17, 15) is 9.59 Å². The molecule has 1 aliphatic rings. The molecule has 1 heterocycles. The van der Waals surface area contributed by atoms with E-state index < -0.39 is 11.8 Å². The van der Waals surface area contributed by atoms with Crippen LogP contribution >= 0.6 is 35.4 Å². The number of carbonyl (C=O) groups is 2. The van der Waals surface area contributed by atoms with E-state index in [0.29, 0.717) is 10.1 Å². The molecule has 0 aromatic heterocycles. The number of carbonyl (C=O) groups excluding carboxylic acids is 2. The summed E-state index contributed by atoms with van der Waals surface area (Å²) < 4.78 is 0. The Bertz CT molecular complexity index is 629. The third kappa shape index (κ3) is 3.45. The van der Waals surface area contributed by atoms with Crippen molar-refractivity contribution in [2.24, 2.45) is 0 Å². The van der Waals surface area contributed by atoms with Crippen LogP contribution in [0.1, 0.15) is 5.56 Å². The number of hydrogen-bond donors (Lipinski definition) is 2. The summed E-state index contributed by atoms with van der Waals surface area (Å²) in [5.74, 6) is -1.12. The zero-order valence-corrected chi connectivity index (χ0v) is 12.3. The minimum atomic E-state index is -0.560. The van der Waals surface area contributed by atoms with Crippen molar-refractivity contribution in [1.82, 2.24) is 10.6 Å². The largest absolute Gasteiger partial charge is 0.299 e. The van der Waals surface area contributed by atoms with Gasteiger partial charge in [0.15, 0.2) is 5.11 Å². The smallest absolute Gasteiger partial charge is 0.263 e. The first-order valence-electron chi connectivity index (χ1n) is 5.47. The number of hydrogen-bond acceptors (Lipinski definition) is 3. The van der Waals surface area contributed by atoms with Crippen molar-refractivity contribution in [2.75, 3.05) is 0 Å². The molecule has 0 bridgehead atoms. The Morgan fingerprint density at radius 1 is 1.10 bits per heavy atom. The molecule has 0 spiro atoms. The van der Waals surface area contributed by atoms with Crippen LogP contribution in [-0.2, 0) is 9.59 Å². The molecule has 1 saturated heterocycles. The van der Waals surface area contributed by atoms with Crippen molar-refractivity contribution in [3.05, 3.63) is 52.6 Å². The number of halogens is 2. The van der Waals surface area contributed by atoms with Crippen LogP contribution in [0, 0.1) is 0 Å². The van der Waals surface area contributed by atoms with Gasteiger partial charge in [0.2, 0.25) is 0 Å². The van der Waals surface area contributed by atoms with E-state index in [1.54, 1.807) is 24.3 Å². The second-order valence-corrected chi connectivity index (χ2v) is 5.09. The minimum Gasteiger partial charge on any atom is -0.299 e. The lowest BCUT2D eigenvalue weighted by atomic mass is 10.1. The van der Waals surface area contributed by atoms with Gasteiger partial charge in [-0.3, -0.25) is 20.2 Å². The Balaban J connectivity index is 2.24. The summed E-state index contributed by atoms with van der Waals surface area (Å²) in [6.07, 6.45) is 2.80. The van der Waals surface area contributed by atoms with Gasteiger partial charge in [-0.25, -0.2) is 0 Å². The van der Waals surface area contributed by atoms with Gasteiger partial charge in [0, 0.05) is 10.1 Å². The highest BCUT2D eigenvalue weighted by atomic mass is 35.5. The van der Waals surface area contributed by atoms with Gasteiger partial charge in [0.25, 0.3) is 11.8 Å². The molecule has 102 valence electrons. The maximum absolute atomic E-state index is 11.6. The first-order chi connectivity index (χ1) is 9.47. The molecule has 0 saturated carbocycles. The standard InChI is InChI=1S/C13H8Cl2N2O2S/c14-8-3-1-7(2-4-8)10(15)6-5-9-11(18)16-13(20)17-12(9)19/h1-6H,(H2,16,17,18,19,20)/b10-6+. The summed E-state index contributed by atoms with van der Waals surface area (Å²) >= 11 is 16.6.